The van der Waals surface area contributed by atoms with E-state index < -0.39 is 14.9 Å². The number of benzene rings is 2. The average molecular weight is 472 g/mol. The van der Waals surface area contributed by atoms with Crippen LogP contribution in [0.5, 0.6) is 0 Å². The summed E-state index contributed by atoms with van der Waals surface area (Å²) in [5.41, 5.74) is 0.449. The number of hydrogen-bond acceptors (Lipinski definition) is 7. The van der Waals surface area contributed by atoms with Crippen LogP contribution in [0, 0.1) is 10.1 Å². The minimum Gasteiger partial charge on any atom is -0.336 e. The van der Waals surface area contributed by atoms with E-state index in [2.05, 4.69) is 0 Å². The van der Waals surface area contributed by atoms with Crippen LogP contribution in [0.4, 0.5) is 11.4 Å². The van der Waals surface area contributed by atoms with Gasteiger partial charge in [0.1, 0.15) is 0 Å². The van der Waals surface area contributed by atoms with E-state index in [0.717, 1.165) is 11.0 Å². The van der Waals surface area contributed by atoms with Crippen molar-refractivity contribution < 1.29 is 27.7 Å². The van der Waals surface area contributed by atoms with E-state index in [1.165, 1.54) is 51.7 Å². The number of rotatable bonds is 5. The van der Waals surface area contributed by atoms with Crippen LogP contribution in [-0.4, -0.2) is 66.4 Å². The first-order valence-corrected chi connectivity index (χ1v) is 11.6. The molecule has 2 heterocycles. The van der Waals surface area contributed by atoms with E-state index in [4.69, 9.17) is 0 Å². The number of carbonyl (C=O) groups is 3. The van der Waals surface area contributed by atoms with Crippen LogP contribution in [0.15, 0.2) is 53.4 Å². The SMILES string of the molecule is O=C(c1ccc(N2C(=O)CCC2=O)cc1)N1CCN(S(=O)(=O)c2cccc([N+](=O)[O-])c2)CC1. The number of sulfonamides is 1. The molecule has 0 saturated carbocycles. The molecule has 0 aliphatic carbocycles. The molecule has 0 atom stereocenters. The fourth-order valence-electron chi connectivity index (χ4n) is 3.84. The molecule has 12 heteroatoms. The third-order valence-corrected chi connectivity index (χ3v) is 7.51. The summed E-state index contributed by atoms with van der Waals surface area (Å²) in [4.78, 5) is 49.3. The molecule has 11 nitrogen and oxygen atoms in total. The van der Waals surface area contributed by atoms with E-state index >= 15 is 0 Å². The van der Waals surface area contributed by atoms with Crippen molar-refractivity contribution in [3.05, 3.63) is 64.2 Å². The standard InChI is InChI=1S/C21H20N4O7S/c26-19-8-9-20(27)24(19)16-6-4-15(5-7-16)21(28)22-10-12-23(13-11-22)33(31,32)18-3-1-2-17(14-18)25(29)30/h1-7,14H,8-13H2. The zero-order valence-corrected chi connectivity index (χ0v) is 18.2. The Bertz CT molecular complexity index is 1220. The monoisotopic (exact) mass is 472 g/mol. The molecule has 2 aliphatic rings. The predicted molar refractivity (Wildman–Crippen MR) is 116 cm³/mol. The minimum atomic E-state index is -3.94. The molecule has 0 N–H and O–H groups in total. The lowest BCUT2D eigenvalue weighted by Crippen LogP contribution is -2.50. The molecule has 0 spiro atoms. The van der Waals surface area contributed by atoms with Crippen LogP contribution >= 0.6 is 0 Å². The zero-order chi connectivity index (χ0) is 23.8. The molecule has 2 fully saturated rings. The molecule has 0 unspecified atom stereocenters. The smallest absolute Gasteiger partial charge is 0.270 e. The lowest BCUT2D eigenvalue weighted by molar-refractivity contribution is -0.385. The van der Waals surface area contributed by atoms with Crippen molar-refractivity contribution in [1.82, 2.24) is 9.21 Å². The maximum absolute atomic E-state index is 12.9. The van der Waals surface area contributed by atoms with Gasteiger partial charge in [-0.2, -0.15) is 4.31 Å². The van der Waals surface area contributed by atoms with Gasteiger partial charge in [-0.25, -0.2) is 8.42 Å². The molecule has 2 saturated heterocycles. The van der Waals surface area contributed by atoms with Gasteiger partial charge < -0.3 is 4.90 Å². The normalized spacial score (nSPS) is 17.5. The van der Waals surface area contributed by atoms with Gasteiger partial charge in [0, 0.05) is 56.7 Å². The van der Waals surface area contributed by atoms with E-state index in [-0.39, 0.29) is 67.3 Å². The van der Waals surface area contributed by atoms with E-state index in [1.54, 1.807) is 0 Å². The van der Waals surface area contributed by atoms with Crippen molar-refractivity contribution in [3.8, 4) is 0 Å². The first kappa shape index (κ1) is 22.6. The van der Waals surface area contributed by atoms with Crippen molar-refractivity contribution in [1.29, 1.82) is 0 Å². The second-order valence-corrected chi connectivity index (χ2v) is 9.56. The number of non-ortho nitro benzene ring substituents is 1. The number of anilines is 1. The van der Waals surface area contributed by atoms with Gasteiger partial charge in [-0.1, -0.05) is 6.07 Å². The maximum atomic E-state index is 12.9. The van der Waals surface area contributed by atoms with Crippen LogP contribution < -0.4 is 4.90 Å². The van der Waals surface area contributed by atoms with E-state index in [9.17, 15) is 32.9 Å². The summed E-state index contributed by atoms with van der Waals surface area (Å²) in [5, 5.41) is 11.0. The summed E-state index contributed by atoms with van der Waals surface area (Å²) >= 11 is 0. The number of piperazine rings is 1. The van der Waals surface area contributed by atoms with E-state index in [0.29, 0.717) is 11.3 Å². The average Bonchev–Trinajstić information content (AvgIpc) is 3.16. The van der Waals surface area contributed by atoms with Gasteiger partial charge in [0.05, 0.1) is 15.5 Å². The molecular formula is C21H20N4O7S. The van der Waals surface area contributed by atoms with E-state index in [1.807, 2.05) is 0 Å². The Hall–Kier alpha value is -3.64. The number of hydrogen-bond donors (Lipinski definition) is 0. The third kappa shape index (κ3) is 4.34. The highest BCUT2D eigenvalue weighted by Gasteiger charge is 2.32. The molecule has 0 radical (unpaired) electrons. The molecule has 33 heavy (non-hydrogen) atoms. The van der Waals surface area contributed by atoms with Crippen LogP contribution in [0.1, 0.15) is 23.2 Å². The van der Waals surface area contributed by atoms with Crippen LogP contribution in [0.2, 0.25) is 0 Å². The van der Waals surface area contributed by atoms with Gasteiger partial charge in [-0.05, 0) is 30.3 Å². The first-order chi connectivity index (χ1) is 15.7. The number of nitro benzene ring substituents is 1. The Labute approximate surface area is 189 Å². The highest BCUT2D eigenvalue weighted by Crippen LogP contribution is 2.25. The first-order valence-electron chi connectivity index (χ1n) is 10.2. The number of nitrogens with zero attached hydrogens (tertiary/aromatic N) is 4. The zero-order valence-electron chi connectivity index (χ0n) is 17.4. The van der Waals surface area contributed by atoms with Crippen molar-refractivity contribution in [2.75, 3.05) is 31.1 Å². The second-order valence-electron chi connectivity index (χ2n) is 7.62. The van der Waals surface area contributed by atoms with Gasteiger partial charge in [-0.3, -0.25) is 29.4 Å². The quantitative estimate of drug-likeness (QED) is 0.364. The Morgan fingerprint density at radius 1 is 0.909 bits per heavy atom. The van der Waals surface area contributed by atoms with Gasteiger partial charge >= 0.3 is 0 Å². The van der Waals surface area contributed by atoms with Crippen molar-refractivity contribution in [3.63, 3.8) is 0 Å². The number of imide groups is 1. The van der Waals surface area contributed by atoms with Gasteiger partial charge in [0.25, 0.3) is 11.6 Å². The molecule has 172 valence electrons. The Morgan fingerprint density at radius 3 is 2.09 bits per heavy atom. The van der Waals surface area contributed by atoms with Crippen molar-refractivity contribution in [2.24, 2.45) is 0 Å². The lowest BCUT2D eigenvalue weighted by atomic mass is 10.1. The summed E-state index contributed by atoms with van der Waals surface area (Å²) in [6, 6.07) is 11.0. The third-order valence-electron chi connectivity index (χ3n) is 5.62. The summed E-state index contributed by atoms with van der Waals surface area (Å²) in [7, 11) is -3.94. The minimum absolute atomic E-state index is 0.0473. The van der Waals surface area contributed by atoms with Gasteiger partial charge in [0.15, 0.2) is 0 Å². The van der Waals surface area contributed by atoms with Gasteiger partial charge in [-0.15, -0.1) is 0 Å². The Kier molecular flexibility index (Phi) is 5.95. The summed E-state index contributed by atoms with van der Waals surface area (Å²) in [5.74, 6) is -0.853. The molecule has 4 rings (SSSR count). The fourth-order valence-corrected chi connectivity index (χ4v) is 5.30. The fraction of sp³-hybridized carbons (Fsp3) is 0.286. The highest BCUT2D eigenvalue weighted by atomic mass is 32.2. The van der Waals surface area contributed by atoms with Crippen LogP contribution in [0.3, 0.4) is 0 Å². The second kappa shape index (κ2) is 8.71. The van der Waals surface area contributed by atoms with Crippen LogP contribution in [-0.2, 0) is 19.6 Å². The number of carbonyl (C=O) groups excluding carboxylic acids is 3. The largest absolute Gasteiger partial charge is 0.336 e. The number of amides is 3. The Balaban J connectivity index is 1.42. The van der Waals surface area contributed by atoms with Crippen molar-refractivity contribution in [2.45, 2.75) is 17.7 Å². The van der Waals surface area contributed by atoms with Crippen molar-refractivity contribution >= 4 is 39.1 Å². The van der Waals surface area contributed by atoms with Crippen LogP contribution in [0.25, 0.3) is 0 Å². The lowest BCUT2D eigenvalue weighted by Gasteiger charge is -2.34. The molecule has 2 aromatic rings. The molecule has 2 aliphatic heterocycles. The molecule has 0 bridgehead atoms. The number of nitro groups is 1. The summed E-state index contributed by atoms with van der Waals surface area (Å²) < 4.78 is 26.9. The highest BCUT2D eigenvalue weighted by molar-refractivity contribution is 7.89. The summed E-state index contributed by atoms with van der Waals surface area (Å²) in [6.07, 6.45) is 0.339. The molecule has 3 amide bonds. The topological polar surface area (TPSA) is 138 Å². The maximum Gasteiger partial charge on any atom is 0.270 e. The molecule has 2 aromatic carbocycles. The molecule has 0 aromatic heterocycles. The molecular weight excluding hydrogens is 452 g/mol. The Morgan fingerprint density at radius 2 is 1.52 bits per heavy atom. The van der Waals surface area contributed by atoms with Gasteiger partial charge in [0.2, 0.25) is 21.8 Å². The predicted octanol–water partition coefficient (Wildman–Crippen LogP) is 1.39. The summed E-state index contributed by atoms with van der Waals surface area (Å²) in [6.45, 7) is 0.396.